The van der Waals surface area contributed by atoms with Crippen LogP contribution in [0.2, 0.25) is 0 Å². The lowest BCUT2D eigenvalue weighted by molar-refractivity contribution is -0.159. The summed E-state index contributed by atoms with van der Waals surface area (Å²) in [6.07, 6.45) is -3.00. The molecule has 2 aromatic rings. The molecule has 1 fully saturated rings. The number of rotatable bonds is 5. The van der Waals surface area contributed by atoms with E-state index in [4.69, 9.17) is 0 Å². The Morgan fingerprint density at radius 1 is 1.16 bits per heavy atom. The normalized spacial score (nSPS) is 16.4. The molecule has 0 saturated carbocycles. The van der Waals surface area contributed by atoms with Gasteiger partial charge in [-0.25, -0.2) is 0 Å². The van der Waals surface area contributed by atoms with Crippen LogP contribution in [0.1, 0.15) is 24.3 Å². The van der Waals surface area contributed by atoms with Gasteiger partial charge < -0.3 is 4.52 Å². The highest BCUT2D eigenvalue weighted by atomic mass is 32.2. The van der Waals surface area contributed by atoms with E-state index in [1.807, 2.05) is 0 Å². The largest absolute Gasteiger partial charge is 0.471 e. The van der Waals surface area contributed by atoms with Crippen molar-refractivity contribution in [3.05, 3.63) is 35.7 Å². The van der Waals surface area contributed by atoms with E-state index in [0.29, 0.717) is 24.2 Å². The van der Waals surface area contributed by atoms with Gasteiger partial charge in [0.2, 0.25) is 5.82 Å². The first-order valence-corrected chi connectivity index (χ1v) is 8.95. The lowest BCUT2D eigenvalue weighted by Gasteiger charge is -2.16. The summed E-state index contributed by atoms with van der Waals surface area (Å²) in [4.78, 5) is 3.30. The second-order valence-electron chi connectivity index (χ2n) is 5.55. The zero-order valence-corrected chi connectivity index (χ0v) is 13.8. The number of nitrogens with zero attached hydrogens (tertiary/aromatic N) is 3. The van der Waals surface area contributed by atoms with Crippen molar-refractivity contribution in [1.29, 1.82) is 0 Å². The van der Waals surface area contributed by atoms with Crippen molar-refractivity contribution >= 4 is 10.2 Å². The predicted octanol–water partition coefficient (Wildman–Crippen LogP) is 2.19. The monoisotopic (exact) mass is 376 g/mol. The van der Waals surface area contributed by atoms with Crippen LogP contribution < -0.4 is 4.72 Å². The topological polar surface area (TPSA) is 88.3 Å². The molecule has 2 heterocycles. The molecular weight excluding hydrogens is 361 g/mol. The molecule has 1 N–H and O–H groups in total. The molecule has 3 rings (SSSR count). The van der Waals surface area contributed by atoms with Crippen LogP contribution in [0.5, 0.6) is 0 Å². The first kappa shape index (κ1) is 17.8. The van der Waals surface area contributed by atoms with Crippen molar-refractivity contribution in [2.24, 2.45) is 0 Å². The van der Waals surface area contributed by atoms with Gasteiger partial charge in [-0.3, -0.25) is 0 Å². The Labute approximate surface area is 142 Å². The summed E-state index contributed by atoms with van der Waals surface area (Å²) in [5, 5.41) is 3.30. The van der Waals surface area contributed by atoms with Crippen LogP contribution in [-0.2, 0) is 22.9 Å². The summed E-state index contributed by atoms with van der Waals surface area (Å²) >= 11 is 0. The first-order valence-electron chi connectivity index (χ1n) is 7.51. The minimum Gasteiger partial charge on any atom is -0.329 e. The molecule has 0 radical (unpaired) electrons. The van der Waals surface area contributed by atoms with Gasteiger partial charge in [-0.05, 0) is 18.4 Å². The standard InChI is InChI=1S/C14H15F3N4O3S/c15-14(16,17)13-19-12(20-24-13)11-5-3-10(4-6-11)9-18-25(22,23)21-7-1-2-8-21/h3-6,18H,1-2,7-9H2. The summed E-state index contributed by atoms with van der Waals surface area (Å²) in [7, 11) is -3.51. The third kappa shape index (κ3) is 4.17. The van der Waals surface area contributed by atoms with E-state index in [9.17, 15) is 21.6 Å². The number of nitrogens with one attached hydrogen (secondary N) is 1. The highest BCUT2D eigenvalue weighted by Gasteiger charge is 2.38. The number of alkyl halides is 3. The Morgan fingerprint density at radius 2 is 1.80 bits per heavy atom. The van der Waals surface area contributed by atoms with Crippen LogP contribution in [0.25, 0.3) is 11.4 Å². The van der Waals surface area contributed by atoms with Crippen LogP contribution in [0.3, 0.4) is 0 Å². The highest BCUT2D eigenvalue weighted by molar-refractivity contribution is 7.87. The van der Waals surface area contributed by atoms with Crippen LogP contribution in [0, 0.1) is 0 Å². The van der Waals surface area contributed by atoms with Gasteiger partial charge >= 0.3 is 12.1 Å². The summed E-state index contributed by atoms with van der Waals surface area (Å²) in [5.41, 5.74) is 0.997. The molecule has 1 aliphatic rings. The fraction of sp³-hybridized carbons (Fsp3) is 0.429. The van der Waals surface area contributed by atoms with Crippen LogP contribution in [-0.4, -0.2) is 36.0 Å². The van der Waals surface area contributed by atoms with E-state index in [2.05, 4.69) is 19.4 Å². The number of aromatic nitrogens is 2. The fourth-order valence-electron chi connectivity index (χ4n) is 2.42. The molecule has 0 bridgehead atoms. The smallest absolute Gasteiger partial charge is 0.329 e. The lowest BCUT2D eigenvalue weighted by Crippen LogP contribution is -2.38. The molecule has 1 aromatic heterocycles. The van der Waals surface area contributed by atoms with Crippen molar-refractivity contribution in [3.63, 3.8) is 0 Å². The molecule has 0 amide bonds. The second-order valence-corrected chi connectivity index (χ2v) is 7.31. The van der Waals surface area contributed by atoms with Gasteiger partial charge in [0.1, 0.15) is 0 Å². The van der Waals surface area contributed by atoms with Gasteiger partial charge in [0, 0.05) is 25.2 Å². The Bertz CT molecular complexity index is 828. The molecule has 0 atom stereocenters. The average Bonchev–Trinajstić information content (AvgIpc) is 3.24. The first-order chi connectivity index (χ1) is 11.8. The zero-order chi connectivity index (χ0) is 18.1. The summed E-state index contributed by atoms with van der Waals surface area (Å²) in [5.74, 6) is -1.60. The number of halogens is 3. The lowest BCUT2D eigenvalue weighted by atomic mass is 10.1. The van der Waals surface area contributed by atoms with E-state index in [1.165, 1.54) is 16.4 Å². The van der Waals surface area contributed by atoms with E-state index in [0.717, 1.165) is 12.8 Å². The minimum atomic E-state index is -4.70. The predicted molar refractivity (Wildman–Crippen MR) is 81.3 cm³/mol. The second kappa shape index (κ2) is 6.73. The molecule has 0 spiro atoms. The molecule has 1 aromatic carbocycles. The van der Waals surface area contributed by atoms with Crippen molar-refractivity contribution in [2.45, 2.75) is 25.6 Å². The van der Waals surface area contributed by atoms with Gasteiger partial charge in [-0.15, -0.1) is 0 Å². The number of benzene rings is 1. The van der Waals surface area contributed by atoms with Gasteiger partial charge in [-0.1, -0.05) is 29.4 Å². The van der Waals surface area contributed by atoms with E-state index >= 15 is 0 Å². The molecule has 136 valence electrons. The number of hydrogen-bond donors (Lipinski definition) is 1. The molecule has 0 unspecified atom stereocenters. The Morgan fingerprint density at radius 3 is 2.36 bits per heavy atom. The third-order valence-corrected chi connectivity index (χ3v) is 5.30. The van der Waals surface area contributed by atoms with Crippen molar-refractivity contribution in [2.75, 3.05) is 13.1 Å². The maximum Gasteiger partial charge on any atom is 0.471 e. The Balaban J connectivity index is 1.65. The van der Waals surface area contributed by atoms with Crippen molar-refractivity contribution < 1.29 is 26.1 Å². The maximum absolute atomic E-state index is 12.5. The Kier molecular flexibility index (Phi) is 4.80. The highest BCUT2D eigenvalue weighted by Crippen LogP contribution is 2.29. The fourth-order valence-corrected chi connectivity index (χ4v) is 3.69. The van der Waals surface area contributed by atoms with Crippen LogP contribution in [0.15, 0.2) is 28.8 Å². The van der Waals surface area contributed by atoms with E-state index in [-0.39, 0.29) is 12.4 Å². The maximum atomic E-state index is 12.5. The molecule has 0 aliphatic carbocycles. The van der Waals surface area contributed by atoms with Gasteiger partial charge in [0.25, 0.3) is 10.2 Å². The van der Waals surface area contributed by atoms with Gasteiger partial charge in [0.15, 0.2) is 0 Å². The van der Waals surface area contributed by atoms with Crippen LogP contribution in [0.4, 0.5) is 13.2 Å². The Hall–Kier alpha value is -1.98. The van der Waals surface area contributed by atoms with Crippen LogP contribution >= 0.6 is 0 Å². The molecule has 1 saturated heterocycles. The van der Waals surface area contributed by atoms with E-state index < -0.39 is 22.3 Å². The summed E-state index contributed by atoms with van der Waals surface area (Å²) in [6.45, 7) is 1.10. The zero-order valence-electron chi connectivity index (χ0n) is 13.0. The van der Waals surface area contributed by atoms with Crippen molar-refractivity contribution in [3.8, 4) is 11.4 Å². The summed E-state index contributed by atoms with van der Waals surface area (Å²) < 4.78 is 69.6. The molecule has 25 heavy (non-hydrogen) atoms. The molecule has 11 heteroatoms. The third-order valence-electron chi connectivity index (χ3n) is 3.74. The summed E-state index contributed by atoms with van der Waals surface area (Å²) in [6, 6.07) is 6.19. The molecule has 7 nitrogen and oxygen atoms in total. The van der Waals surface area contributed by atoms with Crippen molar-refractivity contribution in [1.82, 2.24) is 19.2 Å². The molecular formula is C14H15F3N4O3S. The average molecular weight is 376 g/mol. The number of hydrogen-bond acceptors (Lipinski definition) is 5. The minimum absolute atomic E-state index is 0.0825. The molecule has 1 aliphatic heterocycles. The van der Waals surface area contributed by atoms with Gasteiger partial charge in [-0.2, -0.15) is 35.6 Å². The van der Waals surface area contributed by atoms with E-state index in [1.54, 1.807) is 12.1 Å². The SMILES string of the molecule is O=S(=O)(NCc1ccc(-c2noc(C(F)(F)F)n2)cc1)N1CCCC1. The van der Waals surface area contributed by atoms with Gasteiger partial charge in [0.05, 0.1) is 0 Å². The quantitative estimate of drug-likeness (QED) is 0.864.